The predicted octanol–water partition coefficient (Wildman–Crippen LogP) is 2.99. The zero-order valence-corrected chi connectivity index (χ0v) is 15.3. The molecule has 0 radical (unpaired) electrons. The summed E-state index contributed by atoms with van der Waals surface area (Å²) in [4.78, 5) is 3.94. The quantitative estimate of drug-likeness (QED) is 0.674. The zero-order valence-electron chi connectivity index (χ0n) is 13.7. The molecule has 0 aliphatic carbocycles. The molecule has 0 saturated carbocycles. The Kier molecular flexibility index (Phi) is 4.76. The number of hydrogen-bond donors (Lipinski definition) is 0. The van der Waals surface area contributed by atoms with E-state index in [-0.39, 0.29) is 0 Å². The van der Waals surface area contributed by atoms with Crippen molar-refractivity contribution < 1.29 is 4.74 Å². The van der Waals surface area contributed by atoms with Gasteiger partial charge in [-0.2, -0.15) is 4.80 Å². The molecule has 1 aliphatic heterocycles. The SMILES string of the molecule is Brc1ccc(Cn2nnc(-c3ccc(N4CCOCC4)cc3)n2)cc1. The summed E-state index contributed by atoms with van der Waals surface area (Å²) < 4.78 is 6.46. The molecule has 0 N–H and O–H groups in total. The van der Waals surface area contributed by atoms with Gasteiger partial charge in [-0.1, -0.05) is 28.1 Å². The van der Waals surface area contributed by atoms with Crippen LogP contribution in [0.15, 0.2) is 53.0 Å². The molecule has 4 rings (SSSR count). The summed E-state index contributed by atoms with van der Waals surface area (Å²) in [6.45, 7) is 4.04. The Morgan fingerprint density at radius 1 is 0.960 bits per heavy atom. The van der Waals surface area contributed by atoms with Crippen LogP contribution in [0.3, 0.4) is 0 Å². The summed E-state index contributed by atoms with van der Waals surface area (Å²) in [6.07, 6.45) is 0. The van der Waals surface area contributed by atoms with Crippen LogP contribution in [-0.2, 0) is 11.3 Å². The molecule has 2 aromatic carbocycles. The number of aromatic nitrogens is 4. The minimum absolute atomic E-state index is 0.603. The molecular formula is C18H18BrN5O. The van der Waals surface area contributed by atoms with Crippen LogP contribution in [0.4, 0.5) is 5.69 Å². The highest BCUT2D eigenvalue weighted by Gasteiger charge is 2.12. The van der Waals surface area contributed by atoms with Gasteiger partial charge in [-0.3, -0.25) is 0 Å². The Balaban J connectivity index is 1.46. The molecule has 0 spiro atoms. The molecule has 1 aliphatic rings. The van der Waals surface area contributed by atoms with Crippen molar-refractivity contribution in [1.82, 2.24) is 20.2 Å². The molecule has 25 heavy (non-hydrogen) atoms. The molecule has 2 heterocycles. The molecule has 0 bridgehead atoms. The van der Waals surface area contributed by atoms with Crippen molar-refractivity contribution in [3.63, 3.8) is 0 Å². The predicted molar refractivity (Wildman–Crippen MR) is 99.5 cm³/mol. The van der Waals surface area contributed by atoms with Crippen molar-refractivity contribution in [3.05, 3.63) is 58.6 Å². The number of tetrazole rings is 1. The van der Waals surface area contributed by atoms with Gasteiger partial charge in [0.15, 0.2) is 0 Å². The van der Waals surface area contributed by atoms with E-state index in [9.17, 15) is 0 Å². The molecule has 0 amide bonds. The van der Waals surface area contributed by atoms with Crippen LogP contribution in [-0.4, -0.2) is 46.5 Å². The Hall–Kier alpha value is -2.25. The van der Waals surface area contributed by atoms with E-state index in [4.69, 9.17) is 4.74 Å². The first-order valence-electron chi connectivity index (χ1n) is 8.23. The van der Waals surface area contributed by atoms with E-state index in [0.29, 0.717) is 12.4 Å². The van der Waals surface area contributed by atoms with Crippen LogP contribution in [0.25, 0.3) is 11.4 Å². The van der Waals surface area contributed by atoms with Gasteiger partial charge in [0.1, 0.15) is 0 Å². The summed E-state index contributed by atoms with van der Waals surface area (Å²) in [5.41, 5.74) is 3.31. The van der Waals surface area contributed by atoms with E-state index in [1.54, 1.807) is 4.80 Å². The molecule has 7 heteroatoms. The third-order valence-corrected chi connectivity index (χ3v) is 4.72. The van der Waals surface area contributed by atoms with E-state index in [2.05, 4.69) is 48.4 Å². The first-order chi connectivity index (χ1) is 12.3. The van der Waals surface area contributed by atoms with Crippen molar-refractivity contribution >= 4 is 21.6 Å². The van der Waals surface area contributed by atoms with Gasteiger partial charge in [0.05, 0.1) is 19.8 Å². The fourth-order valence-electron chi connectivity index (χ4n) is 2.82. The minimum atomic E-state index is 0.603. The summed E-state index contributed by atoms with van der Waals surface area (Å²) in [5.74, 6) is 0.644. The third-order valence-electron chi connectivity index (χ3n) is 4.19. The number of nitrogens with zero attached hydrogens (tertiary/aromatic N) is 5. The highest BCUT2D eigenvalue weighted by atomic mass is 79.9. The van der Waals surface area contributed by atoms with Crippen LogP contribution in [0.1, 0.15) is 5.56 Å². The van der Waals surface area contributed by atoms with Crippen LogP contribution in [0, 0.1) is 0 Å². The Bertz CT molecular complexity index is 825. The average Bonchev–Trinajstić information content (AvgIpc) is 3.13. The number of anilines is 1. The molecule has 1 aromatic heterocycles. The molecule has 128 valence electrons. The fraction of sp³-hybridized carbons (Fsp3) is 0.278. The van der Waals surface area contributed by atoms with Crippen LogP contribution in [0.2, 0.25) is 0 Å². The molecule has 0 unspecified atom stereocenters. The largest absolute Gasteiger partial charge is 0.378 e. The van der Waals surface area contributed by atoms with Crippen LogP contribution in [0.5, 0.6) is 0 Å². The third kappa shape index (κ3) is 3.88. The lowest BCUT2D eigenvalue weighted by molar-refractivity contribution is 0.122. The lowest BCUT2D eigenvalue weighted by atomic mass is 10.2. The van der Waals surface area contributed by atoms with Crippen molar-refractivity contribution in [2.45, 2.75) is 6.54 Å². The van der Waals surface area contributed by atoms with Gasteiger partial charge in [-0.15, -0.1) is 10.2 Å². The number of benzene rings is 2. The number of hydrogen-bond acceptors (Lipinski definition) is 5. The van der Waals surface area contributed by atoms with E-state index < -0.39 is 0 Å². The van der Waals surface area contributed by atoms with E-state index in [0.717, 1.165) is 41.9 Å². The molecule has 1 fully saturated rings. The standard InChI is InChI=1S/C18H18BrN5O/c19-16-5-1-14(2-6-16)13-24-21-18(20-22-24)15-3-7-17(8-4-15)23-9-11-25-12-10-23/h1-8H,9-13H2. The van der Waals surface area contributed by atoms with Crippen molar-refractivity contribution in [2.24, 2.45) is 0 Å². The number of rotatable bonds is 4. The number of ether oxygens (including phenoxy) is 1. The molecule has 1 saturated heterocycles. The van der Waals surface area contributed by atoms with Gasteiger partial charge in [0.25, 0.3) is 0 Å². The van der Waals surface area contributed by atoms with Crippen LogP contribution < -0.4 is 4.90 Å². The second kappa shape index (κ2) is 7.33. The lowest BCUT2D eigenvalue weighted by Crippen LogP contribution is -2.36. The molecular weight excluding hydrogens is 382 g/mol. The average molecular weight is 400 g/mol. The monoisotopic (exact) mass is 399 g/mol. The van der Waals surface area contributed by atoms with Gasteiger partial charge in [-0.05, 0) is 47.2 Å². The van der Waals surface area contributed by atoms with E-state index in [1.807, 2.05) is 36.4 Å². The Morgan fingerprint density at radius 3 is 2.40 bits per heavy atom. The van der Waals surface area contributed by atoms with E-state index in [1.165, 1.54) is 5.69 Å². The maximum atomic E-state index is 5.40. The summed E-state index contributed by atoms with van der Waals surface area (Å²) in [7, 11) is 0. The Labute approximate surface area is 154 Å². The lowest BCUT2D eigenvalue weighted by Gasteiger charge is -2.28. The molecule has 0 atom stereocenters. The highest BCUT2D eigenvalue weighted by molar-refractivity contribution is 9.10. The second-order valence-corrected chi connectivity index (χ2v) is 6.83. The van der Waals surface area contributed by atoms with Gasteiger partial charge < -0.3 is 9.64 Å². The first kappa shape index (κ1) is 16.2. The topological polar surface area (TPSA) is 56.1 Å². The number of halogens is 1. The van der Waals surface area contributed by atoms with Crippen molar-refractivity contribution in [1.29, 1.82) is 0 Å². The Morgan fingerprint density at radius 2 is 1.68 bits per heavy atom. The highest BCUT2D eigenvalue weighted by Crippen LogP contribution is 2.21. The maximum absolute atomic E-state index is 5.40. The fourth-order valence-corrected chi connectivity index (χ4v) is 3.09. The van der Waals surface area contributed by atoms with Crippen LogP contribution >= 0.6 is 15.9 Å². The maximum Gasteiger partial charge on any atom is 0.204 e. The van der Waals surface area contributed by atoms with Crippen molar-refractivity contribution in [3.8, 4) is 11.4 Å². The summed E-state index contributed by atoms with van der Waals surface area (Å²) in [5, 5.41) is 12.8. The van der Waals surface area contributed by atoms with Gasteiger partial charge in [0, 0.05) is 28.8 Å². The van der Waals surface area contributed by atoms with Crippen molar-refractivity contribution in [2.75, 3.05) is 31.2 Å². The summed E-state index contributed by atoms with van der Waals surface area (Å²) in [6, 6.07) is 16.4. The molecule has 6 nitrogen and oxygen atoms in total. The number of morpholine rings is 1. The van der Waals surface area contributed by atoms with Gasteiger partial charge in [0.2, 0.25) is 5.82 Å². The first-order valence-corrected chi connectivity index (χ1v) is 9.03. The molecule has 3 aromatic rings. The van der Waals surface area contributed by atoms with E-state index >= 15 is 0 Å². The zero-order chi connectivity index (χ0) is 17.1. The summed E-state index contributed by atoms with van der Waals surface area (Å²) >= 11 is 3.44. The smallest absolute Gasteiger partial charge is 0.204 e. The normalized spacial score (nSPS) is 14.7. The minimum Gasteiger partial charge on any atom is -0.378 e. The van der Waals surface area contributed by atoms with Gasteiger partial charge in [-0.25, -0.2) is 0 Å². The van der Waals surface area contributed by atoms with Gasteiger partial charge >= 0.3 is 0 Å². The second-order valence-electron chi connectivity index (χ2n) is 5.92.